The van der Waals surface area contributed by atoms with E-state index in [-0.39, 0.29) is 18.2 Å². The van der Waals surface area contributed by atoms with Gasteiger partial charge in [0.2, 0.25) is 0 Å². The molecule has 0 aliphatic carbocycles. The van der Waals surface area contributed by atoms with Crippen LogP contribution >= 0.6 is 35.1 Å². The van der Waals surface area contributed by atoms with Gasteiger partial charge in [0.25, 0.3) is 0 Å². The van der Waals surface area contributed by atoms with Gasteiger partial charge in [0.1, 0.15) is 17.8 Å². The number of benzene rings is 2. The number of phenols is 2. The number of halogens is 1. The number of hydrogen-bond donors (Lipinski definition) is 3. The second kappa shape index (κ2) is 16.1. The zero-order chi connectivity index (χ0) is 22.3. The maximum atomic E-state index is 10.0. The van der Waals surface area contributed by atoms with Gasteiger partial charge < -0.3 is 15.9 Å². The van der Waals surface area contributed by atoms with Gasteiger partial charge in [0, 0.05) is 21.9 Å². The highest BCUT2D eigenvalue weighted by atomic mass is 35.5. The van der Waals surface area contributed by atoms with Gasteiger partial charge in [-0.15, -0.1) is 35.1 Å². The summed E-state index contributed by atoms with van der Waals surface area (Å²) in [5.74, 6) is 0.526. The number of aromatic hydroxyl groups is 2. The molecule has 4 nitrogen and oxygen atoms in total. The fraction of sp³-hybridized carbons (Fsp3) is 0.160. The summed E-state index contributed by atoms with van der Waals surface area (Å²) < 4.78 is 0. The highest BCUT2D eigenvalue weighted by Gasteiger charge is 1.96. The van der Waals surface area contributed by atoms with Crippen molar-refractivity contribution < 1.29 is 15.0 Å². The Morgan fingerprint density at radius 3 is 1.72 bits per heavy atom. The van der Waals surface area contributed by atoms with E-state index in [1.807, 2.05) is 41.0 Å². The molecule has 2 aromatic heterocycles. The van der Waals surface area contributed by atoms with E-state index in [2.05, 4.69) is 17.5 Å². The van der Waals surface area contributed by atoms with E-state index < -0.39 is 0 Å². The lowest BCUT2D eigenvalue weighted by Gasteiger charge is -2.00. The first-order valence-electron chi connectivity index (χ1n) is 9.87. The van der Waals surface area contributed by atoms with Gasteiger partial charge >= 0.3 is 0 Å². The maximum absolute atomic E-state index is 10.0. The van der Waals surface area contributed by atoms with Crippen molar-refractivity contribution in [2.45, 2.75) is 25.8 Å². The topological polar surface area (TPSA) is 83.6 Å². The highest BCUT2D eigenvalue weighted by molar-refractivity contribution is 7.10. The number of rotatable bonds is 6. The molecule has 0 spiro atoms. The van der Waals surface area contributed by atoms with Crippen molar-refractivity contribution in [3.8, 4) is 11.5 Å². The standard InChI is InChI=1S/C13H14OS.C7H6O2.C5H7NS.ClH/c14-12-8-6-11(7-9-12)3-1-4-13-5-2-10-15-13;8-5-6-1-3-7(9)4-2-6;6-4-5-2-1-3-7-5;/h2,5-10,14H,1,3-4H2;1-5,9H;1-3H,4,6H2;1H. The van der Waals surface area contributed by atoms with Crippen LogP contribution in [0.25, 0.3) is 0 Å². The smallest absolute Gasteiger partial charge is 0.150 e. The molecule has 32 heavy (non-hydrogen) atoms. The van der Waals surface area contributed by atoms with E-state index in [4.69, 9.17) is 15.9 Å². The average Bonchev–Trinajstić information content (AvgIpc) is 3.51. The summed E-state index contributed by atoms with van der Waals surface area (Å²) in [5.41, 5.74) is 7.18. The molecule has 0 aliphatic heterocycles. The number of carbonyl (C=O) groups excluding carboxylic acids is 1. The molecular weight excluding hydrogens is 462 g/mol. The van der Waals surface area contributed by atoms with Crippen molar-refractivity contribution in [1.29, 1.82) is 0 Å². The van der Waals surface area contributed by atoms with Gasteiger partial charge in [0.15, 0.2) is 0 Å². The number of aryl methyl sites for hydroxylation is 2. The van der Waals surface area contributed by atoms with Crippen LogP contribution in [-0.2, 0) is 19.4 Å². The Bertz CT molecular complexity index is 971. The molecular formula is C25H28ClNO3S2. The Labute approximate surface area is 203 Å². The lowest BCUT2D eigenvalue weighted by atomic mass is 10.1. The lowest BCUT2D eigenvalue weighted by molar-refractivity contribution is 0.112. The molecule has 0 saturated heterocycles. The predicted octanol–water partition coefficient (Wildman–Crippen LogP) is 6.46. The first-order chi connectivity index (χ1) is 15.1. The summed E-state index contributed by atoms with van der Waals surface area (Å²) >= 11 is 3.52. The van der Waals surface area contributed by atoms with Crippen molar-refractivity contribution in [2.75, 3.05) is 0 Å². The van der Waals surface area contributed by atoms with Crippen LogP contribution < -0.4 is 5.73 Å². The first-order valence-corrected chi connectivity index (χ1v) is 11.6. The Morgan fingerprint density at radius 1 is 0.750 bits per heavy atom. The molecule has 0 radical (unpaired) electrons. The molecule has 2 aromatic carbocycles. The van der Waals surface area contributed by atoms with Gasteiger partial charge in [0.05, 0.1) is 0 Å². The molecule has 0 amide bonds. The fourth-order valence-electron chi connectivity index (χ4n) is 2.57. The first kappa shape index (κ1) is 27.4. The van der Waals surface area contributed by atoms with Crippen LogP contribution in [0.2, 0.25) is 0 Å². The van der Waals surface area contributed by atoms with Crippen molar-refractivity contribution in [2.24, 2.45) is 5.73 Å². The van der Waals surface area contributed by atoms with Crippen LogP contribution in [0.15, 0.2) is 83.6 Å². The van der Waals surface area contributed by atoms with Gasteiger partial charge in [-0.3, -0.25) is 4.79 Å². The van der Waals surface area contributed by atoms with Crippen molar-refractivity contribution in [1.82, 2.24) is 0 Å². The van der Waals surface area contributed by atoms with E-state index in [0.717, 1.165) is 19.1 Å². The second-order valence-electron chi connectivity index (χ2n) is 6.59. The minimum absolute atomic E-state index is 0. The van der Waals surface area contributed by atoms with Crippen LogP contribution in [0.3, 0.4) is 0 Å². The SMILES string of the molecule is Cl.NCc1cccs1.O=Cc1ccc(O)cc1.Oc1ccc(CCCc2cccs2)cc1. The van der Waals surface area contributed by atoms with E-state index >= 15 is 0 Å². The number of phenolic OH excluding ortho intramolecular Hbond substituents is 2. The third-order valence-electron chi connectivity index (χ3n) is 4.22. The molecule has 0 saturated carbocycles. The summed E-state index contributed by atoms with van der Waals surface area (Å²) in [5, 5.41) is 22.0. The minimum Gasteiger partial charge on any atom is -0.508 e. The average molecular weight is 490 g/mol. The number of carbonyl (C=O) groups is 1. The third-order valence-corrected chi connectivity index (χ3v) is 6.05. The highest BCUT2D eigenvalue weighted by Crippen LogP contribution is 2.15. The fourth-order valence-corrected chi connectivity index (χ4v) is 3.90. The van der Waals surface area contributed by atoms with Crippen LogP contribution in [0.5, 0.6) is 11.5 Å². The van der Waals surface area contributed by atoms with Crippen LogP contribution in [0.1, 0.15) is 32.1 Å². The van der Waals surface area contributed by atoms with Gasteiger partial charge in [-0.1, -0.05) is 24.3 Å². The number of nitrogens with two attached hydrogens (primary N) is 1. The van der Waals surface area contributed by atoms with Crippen molar-refractivity contribution >= 4 is 41.4 Å². The predicted molar refractivity (Wildman–Crippen MR) is 137 cm³/mol. The third kappa shape index (κ3) is 11.1. The second-order valence-corrected chi connectivity index (χ2v) is 8.66. The summed E-state index contributed by atoms with van der Waals surface area (Å²) in [6.07, 6.45) is 4.14. The molecule has 2 heterocycles. The minimum atomic E-state index is 0. The Balaban J connectivity index is 0.000000258. The molecule has 0 aliphatic rings. The van der Waals surface area contributed by atoms with E-state index in [0.29, 0.717) is 17.9 Å². The summed E-state index contributed by atoms with van der Waals surface area (Å²) in [6.45, 7) is 0.678. The number of aldehydes is 1. The molecule has 4 rings (SSSR count). The van der Waals surface area contributed by atoms with Crippen LogP contribution in [0.4, 0.5) is 0 Å². The molecule has 0 bridgehead atoms. The van der Waals surface area contributed by atoms with Gasteiger partial charge in [-0.25, -0.2) is 0 Å². The largest absolute Gasteiger partial charge is 0.508 e. The molecule has 0 atom stereocenters. The summed E-state index contributed by atoms with van der Waals surface area (Å²) in [7, 11) is 0. The van der Waals surface area contributed by atoms with E-state index in [1.165, 1.54) is 33.9 Å². The van der Waals surface area contributed by atoms with Crippen molar-refractivity contribution in [3.63, 3.8) is 0 Å². The number of thiophene rings is 2. The Kier molecular flexibility index (Phi) is 13.7. The molecule has 7 heteroatoms. The lowest BCUT2D eigenvalue weighted by Crippen LogP contribution is -1.90. The zero-order valence-corrected chi connectivity index (χ0v) is 20.0. The quantitative estimate of drug-likeness (QED) is 0.271. The summed E-state index contributed by atoms with van der Waals surface area (Å²) in [6, 6.07) is 21.9. The maximum Gasteiger partial charge on any atom is 0.150 e. The monoisotopic (exact) mass is 489 g/mol. The van der Waals surface area contributed by atoms with Gasteiger partial charge in [-0.05, 0) is 84.1 Å². The van der Waals surface area contributed by atoms with E-state index in [1.54, 1.807) is 35.6 Å². The number of hydrogen-bond acceptors (Lipinski definition) is 6. The molecule has 4 N–H and O–H groups in total. The zero-order valence-electron chi connectivity index (χ0n) is 17.6. The van der Waals surface area contributed by atoms with Crippen molar-refractivity contribution in [3.05, 3.63) is 104 Å². The van der Waals surface area contributed by atoms with Crippen LogP contribution in [0, 0.1) is 0 Å². The Hall–Kier alpha value is -2.64. The molecule has 0 unspecified atom stereocenters. The molecule has 4 aromatic rings. The van der Waals surface area contributed by atoms with E-state index in [9.17, 15) is 4.79 Å². The molecule has 170 valence electrons. The molecule has 0 fully saturated rings. The Morgan fingerprint density at radius 2 is 1.28 bits per heavy atom. The summed E-state index contributed by atoms with van der Waals surface area (Å²) in [4.78, 5) is 12.7. The van der Waals surface area contributed by atoms with Crippen LogP contribution in [-0.4, -0.2) is 16.5 Å². The normalized spacial score (nSPS) is 9.41. The van der Waals surface area contributed by atoms with Gasteiger partial charge in [-0.2, -0.15) is 0 Å².